The van der Waals surface area contributed by atoms with Crippen molar-refractivity contribution in [2.24, 2.45) is 0 Å². The lowest BCUT2D eigenvalue weighted by Crippen LogP contribution is -1.66. The van der Waals surface area contributed by atoms with Crippen LogP contribution >= 0.6 is 0 Å². The van der Waals surface area contributed by atoms with Crippen molar-refractivity contribution in [3.63, 3.8) is 0 Å². The second kappa shape index (κ2) is 168. The van der Waals surface area contributed by atoms with E-state index < -0.39 is 0 Å². The van der Waals surface area contributed by atoms with E-state index in [1.165, 1.54) is 12.0 Å². The maximum Gasteiger partial charge on any atom is -0.0349 e. The predicted octanol–water partition coefficient (Wildman–Crippen LogP) is 15.9. The van der Waals surface area contributed by atoms with Gasteiger partial charge in [-0.1, -0.05) is 179 Å². The van der Waals surface area contributed by atoms with Gasteiger partial charge in [-0.2, -0.15) is 0 Å². The van der Waals surface area contributed by atoms with Crippen molar-refractivity contribution < 1.29 is 0 Å². The Morgan fingerprint density at radius 2 is 0.909 bits per heavy atom. The standard InChI is InChI=1S/C8H14.C7H12.C3H8.C2H4.13CH4/c1-4-6-7-8(3)5-2;1-4-5-6-7(2)3;1-3-2;1-2;;;;;;;;;;;;;/h4,6-7H,5H2,1-3H3;5-6H,2,4H2,1,3H3;3H2,1-2H3;1-2H2;13*1H4/b6-4+,8-7-;6-5-;;;;;;;;;;;;;;;. The molecular formula is C33H90. The highest BCUT2D eigenvalue weighted by molar-refractivity contribution is 5.10. The van der Waals surface area contributed by atoms with Gasteiger partial charge in [0.2, 0.25) is 0 Å². The highest BCUT2D eigenvalue weighted by Gasteiger charge is 1.75. The van der Waals surface area contributed by atoms with Gasteiger partial charge in [-0.15, -0.1) is 13.2 Å². The van der Waals surface area contributed by atoms with E-state index in [0.717, 1.165) is 18.4 Å². The molecule has 0 atom stereocenters. The Balaban J connectivity index is -0.00000000650. The van der Waals surface area contributed by atoms with E-state index in [1.54, 1.807) is 0 Å². The molecule has 0 amide bonds. The van der Waals surface area contributed by atoms with Gasteiger partial charge in [-0.25, -0.2) is 0 Å². The van der Waals surface area contributed by atoms with E-state index in [9.17, 15) is 0 Å². The Kier molecular flexibility index (Phi) is 703. The van der Waals surface area contributed by atoms with Gasteiger partial charge in [-0.3, -0.25) is 0 Å². The molecule has 0 radical (unpaired) electrons. The molecule has 0 saturated heterocycles. The van der Waals surface area contributed by atoms with Crippen LogP contribution in [0.2, 0.25) is 0 Å². The summed E-state index contributed by atoms with van der Waals surface area (Å²) in [4.78, 5) is 0. The number of hydrogen-bond acceptors (Lipinski definition) is 0. The Bertz CT molecular complexity index is 251. The van der Waals surface area contributed by atoms with Gasteiger partial charge in [0.25, 0.3) is 0 Å². The van der Waals surface area contributed by atoms with E-state index in [4.69, 9.17) is 0 Å². The molecule has 33 heavy (non-hydrogen) atoms. The molecule has 0 rings (SSSR count). The molecule has 0 aromatic heterocycles. The molecule has 0 aromatic rings. The summed E-state index contributed by atoms with van der Waals surface area (Å²) in [6, 6.07) is 0. The van der Waals surface area contributed by atoms with Gasteiger partial charge in [-0.05, 0) is 33.6 Å². The van der Waals surface area contributed by atoms with Gasteiger partial charge in [0, 0.05) is 0 Å². The van der Waals surface area contributed by atoms with Crippen LogP contribution < -0.4 is 0 Å². The third kappa shape index (κ3) is 334. The van der Waals surface area contributed by atoms with Crippen molar-refractivity contribution in [3.8, 4) is 0 Å². The van der Waals surface area contributed by atoms with Crippen LogP contribution in [0.3, 0.4) is 0 Å². The summed E-state index contributed by atoms with van der Waals surface area (Å²) in [6.45, 7) is 24.4. The molecule has 222 valence electrons. The molecule has 0 saturated carbocycles. The molecule has 0 aliphatic rings. The average molecular weight is 487 g/mol. The first-order chi connectivity index (χ1) is 9.49. The zero-order valence-electron chi connectivity index (χ0n) is 15.1. The van der Waals surface area contributed by atoms with Crippen molar-refractivity contribution in [2.45, 2.75) is 164 Å². The minimum atomic E-state index is 0. The molecule has 0 heterocycles. The van der Waals surface area contributed by atoms with E-state index >= 15 is 0 Å². The first-order valence-corrected chi connectivity index (χ1v) is 7.60. The van der Waals surface area contributed by atoms with Gasteiger partial charge in [0.1, 0.15) is 0 Å². The molecule has 0 nitrogen and oxygen atoms in total. The van der Waals surface area contributed by atoms with E-state index in [2.05, 4.69) is 72.6 Å². The SMILES string of the molecule is C.C.C.C.C.C.C.C.C.C.C.C.C.C/C=C/C=C(/C)CC.C=C.C=C(C)/C=C\CC.CCC. The smallest absolute Gasteiger partial charge is 0.0349 e. The molecule has 0 spiro atoms. The van der Waals surface area contributed by atoms with E-state index in [1.807, 2.05) is 26.0 Å². The van der Waals surface area contributed by atoms with Gasteiger partial charge >= 0.3 is 0 Å². The number of hydrogen-bond donors (Lipinski definition) is 0. The maximum atomic E-state index is 3.71. The zero-order chi connectivity index (χ0) is 16.8. The summed E-state index contributed by atoms with van der Waals surface area (Å²) in [5, 5.41) is 0. The van der Waals surface area contributed by atoms with Crippen LogP contribution in [0.4, 0.5) is 0 Å². The van der Waals surface area contributed by atoms with Crippen molar-refractivity contribution in [1.82, 2.24) is 0 Å². The Hall–Kier alpha value is -1.30. The molecule has 0 N–H and O–H groups in total. The molecule has 0 unspecified atom stereocenters. The first-order valence-electron chi connectivity index (χ1n) is 7.60. The van der Waals surface area contributed by atoms with E-state index in [0.29, 0.717) is 0 Å². The second-order valence-electron chi connectivity index (χ2n) is 4.26. The lowest BCUT2D eigenvalue weighted by molar-refractivity contribution is 1.09. The van der Waals surface area contributed by atoms with Crippen LogP contribution in [0.15, 0.2) is 61.3 Å². The Morgan fingerprint density at radius 1 is 0.636 bits per heavy atom. The van der Waals surface area contributed by atoms with Gasteiger partial charge < -0.3 is 0 Å². The van der Waals surface area contributed by atoms with Gasteiger partial charge in [0.15, 0.2) is 0 Å². The summed E-state index contributed by atoms with van der Waals surface area (Å²) < 4.78 is 0. The summed E-state index contributed by atoms with van der Waals surface area (Å²) in [6.07, 6.45) is 13.9. The zero-order valence-corrected chi connectivity index (χ0v) is 15.1. The third-order valence-electron chi connectivity index (χ3n) is 1.77. The highest BCUT2D eigenvalue weighted by Crippen LogP contribution is 1.96. The minimum absolute atomic E-state index is 0. The largest absolute Gasteiger partial charge is 0.106 e. The Labute approximate surface area is 225 Å². The lowest BCUT2D eigenvalue weighted by atomic mass is 10.2. The van der Waals surface area contributed by atoms with E-state index in [-0.39, 0.29) is 96.5 Å². The monoisotopic (exact) mass is 487 g/mol. The fourth-order valence-corrected chi connectivity index (χ4v) is 0.697. The van der Waals surface area contributed by atoms with Crippen LogP contribution in [0.1, 0.15) is 164 Å². The fourth-order valence-electron chi connectivity index (χ4n) is 0.697. The van der Waals surface area contributed by atoms with Crippen LogP contribution in [-0.2, 0) is 0 Å². The molecule has 0 heteroatoms. The summed E-state index contributed by atoms with van der Waals surface area (Å²) in [5.41, 5.74) is 2.56. The quantitative estimate of drug-likeness (QED) is 0.273. The summed E-state index contributed by atoms with van der Waals surface area (Å²) >= 11 is 0. The third-order valence-corrected chi connectivity index (χ3v) is 1.77. The number of rotatable bonds is 4. The molecule has 0 bridgehead atoms. The molecule has 0 aliphatic heterocycles. The van der Waals surface area contributed by atoms with Gasteiger partial charge in [0.05, 0.1) is 0 Å². The normalized spacial score (nSPS) is 5.97. The van der Waals surface area contributed by atoms with Crippen molar-refractivity contribution in [2.75, 3.05) is 0 Å². The Morgan fingerprint density at radius 3 is 1.03 bits per heavy atom. The summed E-state index contributed by atoms with van der Waals surface area (Å²) in [5.74, 6) is 0. The maximum absolute atomic E-state index is 3.71. The van der Waals surface area contributed by atoms with Crippen molar-refractivity contribution >= 4 is 0 Å². The fraction of sp³-hybridized carbons (Fsp3) is 0.697. The summed E-state index contributed by atoms with van der Waals surface area (Å²) in [7, 11) is 0. The van der Waals surface area contributed by atoms with Crippen LogP contribution in [-0.4, -0.2) is 0 Å². The topological polar surface area (TPSA) is 0 Å². The number of allylic oxidation sites excluding steroid dienone is 7. The molecule has 0 fully saturated rings. The van der Waals surface area contributed by atoms with Crippen LogP contribution in [0, 0.1) is 0 Å². The molecular weight excluding hydrogens is 396 g/mol. The predicted molar refractivity (Wildman–Crippen MR) is 188 cm³/mol. The second-order valence-corrected chi connectivity index (χ2v) is 4.26. The van der Waals surface area contributed by atoms with Crippen molar-refractivity contribution in [3.05, 3.63) is 61.3 Å². The molecule has 0 aromatic carbocycles. The van der Waals surface area contributed by atoms with Crippen LogP contribution in [0.25, 0.3) is 0 Å². The highest BCUT2D eigenvalue weighted by atomic mass is 13.8. The molecule has 0 aliphatic carbocycles. The van der Waals surface area contributed by atoms with Crippen LogP contribution in [0.5, 0.6) is 0 Å². The average Bonchev–Trinajstić information content (AvgIpc) is 2.46. The minimum Gasteiger partial charge on any atom is -0.106 e. The van der Waals surface area contributed by atoms with Crippen molar-refractivity contribution in [1.29, 1.82) is 0 Å². The lowest BCUT2D eigenvalue weighted by Gasteiger charge is -1.87. The first kappa shape index (κ1) is 138.